The lowest BCUT2D eigenvalue weighted by Crippen LogP contribution is -2.60. The van der Waals surface area contributed by atoms with Crippen molar-refractivity contribution in [3.05, 3.63) is 53.0 Å². The highest BCUT2D eigenvalue weighted by molar-refractivity contribution is 8.03. The van der Waals surface area contributed by atoms with Crippen molar-refractivity contribution in [3.63, 3.8) is 0 Å². The minimum absolute atomic E-state index is 0.0850. The molecule has 0 saturated heterocycles. The molecule has 2 heteroatoms. The number of rotatable bonds is 5. The molecule has 28 heavy (non-hydrogen) atoms. The highest BCUT2D eigenvalue weighted by atomic mass is 32.2. The molecular formula is C26H34OS. The van der Waals surface area contributed by atoms with Gasteiger partial charge in [-0.05, 0) is 80.2 Å². The van der Waals surface area contributed by atoms with Gasteiger partial charge in [0.25, 0.3) is 0 Å². The Morgan fingerprint density at radius 2 is 1.96 bits per heavy atom. The summed E-state index contributed by atoms with van der Waals surface area (Å²) in [5.41, 5.74) is 2.02. The van der Waals surface area contributed by atoms with Crippen LogP contribution in [0.1, 0.15) is 59.3 Å². The van der Waals surface area contributed by atoms with Crippen LogP contribution in [0.4, 0.5) is 0 Å². The van der Waals surface area contributed by atoms with Crippen LogP contribution >= 0.6 is 11.8 Å². The highest BCUT2D eigenvalue weighted by Crippen LogP contribution is 2.71. The molecule has 0 radical (unpaired) electrons. The fourth-order valence-corrected chi connectivity index (χ4v) is 8.29. The topological polar surface area (TPSA) is 9.23 Å². The largest absolute Gasteiger partial charge is 0.374 e. The molecule has 0 aliphatic heterocycles. The fourth-order valence-electron chi connectivity index (χ4n) is 7.08. The molecule has 5 rings (SSSR count). The van der Waals surface area contributed by atoms with Crippen molar-refractivity contribution in [2.45, 2.75) is 69.8 Å². The Bertz CT molecular complexity index is 794. The Balaban J connectivity index is 1.54. The van der Waals surface area contributed by atoms with Crippen LogP contribution in [0.2, 0.25) is 0 Å². The Hall–Kier alpha value is -0.990. The molecule has 0 amide bonds. The predicted molar refractivity (Wildman–Crippen MR) is 118 cm³/mol. The lowest BCUT2D eigenvalue weighted by Gasteiger charge is -2.61. The zero-order valence-electron chi connectivity index (χ0n) is 17.6. The fraction of sp³-hybridized carbons (Fsp3) is 0.615. The number of allylic oxidation sites excluding steroid dienone is 3. The third-order valence-electron chi connectivity index (χ3n) is 7.92. The summed E-state index contributed by atoms with van der Waals surface area (Å²) in [7, 11) is 0. The van der Waals surface area contributed by atoms with E-state index in [-0.39, 0.29) is 5.60 Å². The van der Waals surface area contributed by atoms with E-state index < -0.39 is 0 Å². The van der Waals surface area contributed by atoms with E-state index in [0.29, 0.717) is 23.2 Å². The summed E-state index contributed by atoms with van der Waals surface area (Å²) in [6.45, 7) is 7.86. The maximum atomic E-state index is 6.84. The summed E-state index contributed by atoms with van der Waals surface area (Å²) >= 11 is 2.03. The van der Waals surface area contributed by atoms with Crippen LogP contribution in [0.15, 0.2) is 57.9 Å². The van der Waals surface area contributed by atoms with Gasteiger partial charge >= 0.3 is 0 Å². The molecule has 1 spiro atoms. The second kappa shape index (κ2) is 7.06. The summed E-state index contributed by atoms with van der Waals surface area (Å²) in [5.74, 6) is 2.83. The number of hydrogen-bond acceptors (Lipinski definition) is 2. The molecule has 0 heterocycles. The maximum absolute atomic E-state index is 6.84. The SMILES string of the molecule is CC1=C[C@]23[C@@H]4CC[C@H]2C(Sc2ccccc2)=CC[C@H]3[C@@](OCC(C)C)(CC4)C1. The average Bonchev–Trinajstić information content (AvgIpc) is 3.02. The number of thioether (sulfide) groups is 1. The lowest BCUT2D eigenvalue weighted by molar-refractivity contribution is -0.174. The molecule has 1 aromatic rings. The maximum Gasteiger partial charge on any atom is 0.0759 e. The Labute approximate surface area is 175 Å². The van der Waals surface area contributed by atoms with E-state index in [0.717, 1.165) is 18.9 Å². The van der Waals surface area contributed by atoms with Gasteiger partial charge in [-0.15, -0.1) is 0 Å². The molecular weight excluding hydrogens is 360 g/mol. The van der Waals surface area contributed by atoms with E-state index in [4.69, 9.17) is 4.74 Å². The Morgan fingerprint density at radius 1 is 1.14 bits per heavy atom. The predicted octanol–water partition coefficient (Wildman–Crippen LogP) is 7.25. The molecule has 4 aliphatic rings. The first-order chi connectivity index (χ1) is 13.5. The van der Waals surface area contributed by atoms with E-state index in [2.05, 4.69) is 63.3 Å². The summed E-state index contributed by atoms with van der Waals surface area (Å²) in [6, 6.07) is 11.0. The highest BCUT2D eigenvalue weighted by Gasteiger charge is 2.65. The zero-order valence-corrected chi connectivity index (χ0v) is 18.4. The number of ether oxygens (including phenoxy) is 1. The molecule has 0 aromatic heterocycles. The summed E-state index contributed by atoms with van der Waals surface area (Å²) in [4.78, 5) is 3.03. The smallest absolute Gasteiger partial charge is 0.0759 e. The van der Waals surface area contributed by atoms with Gasteiger partial charge in [-0.1, -0.05) is 61.5 Å². The van der Waals surface area contributed by atoms with Crippen molar-refractivity contribution >= 4 is 11.8 Å². The van der Waals surface area contributed by atoms with Crippen LogP contribution in [0.5, 0.6) is 0 Å². The van der Waals surface area contributed by atoms with Crippen molar-refractivity contribution in [2.24, 2.45) is 29.1 Å². The van der Waals surface area contributed by atoms with E-state index in [1.54, 1.807) is 10.5 Å². The first-order valence-corrected chi connectivity index (χ1v) is 12.1. The first kappa shape index (κ1) is 19.0. The quantitative estimate of drug-likeness (QED) is 0.486. The van der Waals surface area contributed by atoms with Gasteiger partial charge in [0.2, 0.25) is 0 Å². The summed E-state index contributed by atoms with van der Waals surface area (Å²) in [6.07, 6.45) is 13.1. The minimum atomic E-state index is 0.0850. The van der Waals surface area contributed by atoms with Crippen LogP contribution < -0.4 is 0 Å². The van der Waals surface area contributed by atoms with Crippen LogP contribution in [-0.4, -0.2) is 12.2 Å². The number of benzene rings is 1. The Kier molecular flexibility index (Phi) is 4.79. The molecule has 0 N–H and O–H groups in total. The normalized spacial score (nSPS) is 38.8. The third-order valence-corrected chi connectivity index (χ3v) is 9.12. The van der Waals surface area contributed by atoms with Crippen molar-refractivity contribution in [2.75, 3.05) is 6.61 Å². The van der Waals surface area contributed by atoms with Gasteiger partial charge in [0, 0.05) is 22.8 Å². The van der Waals surface area contributed by atoms with Gasteiger partial charge < -0.3 is 4.74 Å². The molecule has 1 nitrogen and oxygen atoms in total. The zero-order chi connectivity index (χ0) is 19.4. The van der Waals surface area contributed by atoms with Crippen molar-refractivity contribution in [1.29, 1.82) is 0 Å². The first-order valence-electron chi connectivity index (χ1n) is 11.3. The van der Waals surface area contributed by atoms with Crippen LogP contribution in [0.3, 0.4) is 0 Å². The molecule has 5 atom stereocenters. The van der Waals surface area contributed by atoms with Gasteiger partial charge in [0.15, 0.2) is 0 Å². The molecule has 1 aromatic carbocycles. The molecule has 0 unspecified atom stereocenters. The summed E-state index contributed by atoms with van der Waals surface area (Å²) < 4.78 is 6.84. The second-order valence-corrected chi connectivity index (χ2v) is 11.3. The van der Waals surface area contributed by atoms with E-state index in [1.165, 1.54) is 37.0 Å². The second-order valence-electron chi connectivity index (χ2n) is 10.1. The number of hydrogen-bond donors (Lipinski definition) is 0. The molecule has 2 bridgehead atoms. The van der Waals surface area contributed by atoms with E-state index >= 15 is 0 Å². The molecule has 4 aliphatic carbocycles. The summed E-state index contributed by atoms with van der Waals surface area (Å²) in [5, 5.41) is 0. The molecule has 2 saturated carbocycles. The molecule has 2 fully saturated rings. The third kappa shape index (κ3) is 2.86. The van der Waals surface area contributed by atoms with Gasteiger partial charge in [-0.3, -0.25) is 0 Å². The van der Waals surface area contributed by atoms with Crippen LogP contribution in [-0.2, 0) is 4.74 Å². The lowest BCUT2D eigenvalue weighted by atomic mass is 9.47. The minimum Gasteiger partial charge on any atom is -0.374 e. The monoisotopic (exact) mass is 394 g/mol. The average molecular weight is 395 g/mol. The van der Waals surface area contributed by atoms with Gasteiger partial charge in [0.1, 0.15) is 0 Å². The molecule has 150 valence electrons. The van der Waals surface area contributed by atoms with E-state index in [1.807, 2.05) is 11.8 Å². The van der Waals surface area contributed by atoms with Gasteiger partial charge in [0.05, 0.1) is 5.60 Å². The van der Waals surface area contributed by atoms with Gasteiger partial charge in [-0.2, -0.15) is 0 Å². The van der Waals surface area contributed by atoms with Gasteiger partial charge in [-0.25, -0.2) is 0 Å². The van der Waals surface area contributed by atoms with Crippen molar-refractivity contribution in [3.8, 4) is 0 Å². The van der Waals surface area contributed by atoms with Crippen LogP contribution in [0, 0.1) is 29.1 Å². The van der Waals surface area contributed by atoms with Crippen molar-refractivity contribution < 1.29 is 4.74 Å². The van der Waals surface area contributed by atoms with Crippen LogP contribution in [0.25, 0.3) is 0 Å². The standard InChI is InChI=1S/C26H34OS/c1-18(2)17-27-25-14-13-20-9-10-22-23(28-21-7-5-4-6-8-21)11-12-24(25)26(20,22)16-19(3)15-25/h4-8,11,16,18,20,22,24H,9-10,12-15,17H2,1-3H3/t20-,22+,24+,25-,26+/m1/s1. The van der Waals surface area contributed by atoms with Crippen molar-refractivity contribution in [1.82, 2.24) is 0 Å². The van der Waals surface area contributed by atoms with E-state index in [9.17, 15) is 0 Å². The Morgan fingerprint density at radius 3 is 2.75 bits per heavy atom.